The van der Waals surface area contributed by atoms with Crippen molar-refractivity contribution in [3.05, 3.63) is 33.7 Å². The summed E-state index contributed by atoms with van der Waals surface area (Å²) in [7, 11) is 1.43. The number of ether oxygens (including phenoxy) is 1. The Balaban J connectivity index is 0.00000172. The maximum atomic E-state index is 12.7. The molecule has 6 heteroatoms. The van der Waals surface area contributed by atoms with Crippen molar-refractivity contribution in [2.75, 3.05) is 13.7 Å². The third-order valence-corrected chi connectivity index (χ3v) is 2.60. The lowest BCUT2D eigenvalue weighted by Crippen LogP contribution is -2.27. The van der Waals surface area contributed by atoms with E-state index in [-0.39, 0.29) is 24.6 Å². The smallest absolute Gasteiger partial charge is 0.383 e. The first-order valence-corrected chi connectivity index (χ1v) is 6.58. The molecule has 0 aliphatic heterocycles. The molecule has 20 heavy (non-hydrogen) atoms. The van der Waals surface area contributed by atoms with E-state index >= 15 is 0 Å². The van der Waals surface area contributed by atoms with Crippen LogP contribution in [0.25, 0.3) is 0 Å². The van der Waals surface area contributed by atoms with Crippen molar-refractivity contribution in [3.63, 3.8) is 0 Å². The van der Waals surface area contributed by atoms with Crippen LogP contribution >= 0.6 is 0 Å². The van der Waals surface area contributed by atoms with Gasteiger partial charge in [-0.1, -0.05) is 27.7 Å². The Hall–Kier alpha value is -1.30. The van der Waals surface area contributed by atoms with E-state index in [1.54, 1.807) is 13.8 Å². The molecule has 0 amide bonds. The van der Waals surface area contributed by atoms with Gasteiger partial charge in [0.15, 0.2) is 0 Å². The maximum absolute atomic E-state index is 12.7. The van der Waals surface area contributed by atoms with E-state index in [9.17, 15) is 18.0 Å². The first-order valence-electron chi connectivity index (χ1n) is 6.58. The maximum Gasteiger partial charge on any atom is 0.417 e. The second-order valence-electron chi connectivity index (χ2n) is 4.33. The zero-order valence-corrected chi connectivity index (χ0v) is 12.5. The number of nitrogens with zero attached hydrogens (tertiary/aromatic N) is 1. The van der Waals surface area contributed by atoms with Crippen LogP contribution in [0.4, 0.5) is 13.2 Å². The van der Waals surface area contributed by atoms with E-state index in [0.717, 1.165) is 16.8 Å². The lowest BCUT2D eigenvalue weighted by Gasteiger charge is -2.15. The van der Waals surface area contributed by atoms with Gasteiger partial charge >= 0.3 is 6.18 Å². The molecule has 116 valence electrons. The molecule has 3 nitrogen and oxygen atoms in total. The van der Waals surface area contributed by atoms with Crippen molar-refractivity contribution in [2.24, 2.45) is 0 Å². The van der Waals surface area contributed by atoms with Crippen LogP contribution in [-0.4, -0.2) is 18.3 Å². The number of hydrogen-bond donors (Lipinski definition) is 0. The monoisotopic (exact) mass is 293 g/mol. The van der Waals surface area contributed by atoms with E-state index in [2.05, 4.69) is 0 Å². The van der Waals surface area contributed by atoms with E-state index < -0.39 is 17.3 Å². The summed E-state index contributed by atoms with van der Waals surface area (Å²) in [6.07, 6.45) is -3.61. The van der Waals surface area contributed by atoms with Crippen molar-refractivity contribution in [3.8, 4) is 0 Å². The molecule has 1 aromatic rings. The van der Waals surface area contributed by atoms with Gasteiger partial charge in [-0.3, -0.25) is 4.79 Å². The molecular formula is C14H22F3NO2. The van der Waals surface area contributed by atoms with Crippen molar-refractivity contribution in [1.82, 2.24) is 4.57 Å². The van der Waals surface area contributed by atoms with Gasteiger partial charge < -0.3 is 9.30 Å². The van der Waals surface area contributed by atoms with Gasteiger partial charge in [0.05, 0.1) is 12.2 Å². The fourth-order valence-electron chi connectivity index (χ4n) is 1.58. The normalized spacial score (nSPS) is 11.2. The minimum absolute atomic E-state index is 0.110. The molecule has 0 saturated carbocycles. The number of hydrogen-bond acceptors (Lipinski definition) is 2. The van der Waals surface area contributed by atoms with Gasteiger partial charge in [0, 0.05) is 25.4 Å². The highest BCUT2D eigenvalue weighted by Crippen LogP contribution is 2.29. The summed E-state index contributed by atoms with van der Waals surface area (Å²) in [6.45, 7) is 7.69. The molecule has 0 aliphatic carbocycles. The number of rotatable bonds is 4. The van der Waals surface area contributed by atoms with Crippen LogP contribution in [0.3, 0.4) is 0 Å². The lowest BCUT2D eigenvalue weighted by atomic mass is 10.0. The van der Waals surface area contributed by atoms with Crippen molar-refractivity contribution >= 4 is 0 Å². The number of halogens is 3. The number of methoxy groups -OCH3 is 1. The van der Waals surface area contributed by atoms with Crippen LogP contribution in [0.1, 0.15) is 44.7 Å². The Labute approximate surface area is 117 Å². The van der Waals surface area contributed by atoms with Gasteiger partial charge in [0.25, 0.3) is 5.56 Å². The molecule has 0 bridgehead atoms. The molecule has 0 radical (unpaired) electrons. The molecule has 0 aliphatic rings. The highest BCUT2D eigenvalue weighted by molar-refractivity contribution is 5.24. The third kappa shape index (κ3) is 5.00. The predicted octanol–water partition coefficient (Wildman–Crippen LogP) is 3.66. The Bertz CT molecular complexity index is 464. The van der Waals surface area contributed by atoms with Crippen LogP contribution in [-0.2, 0) is 17.5 Å². The van der Waals surface area contributed by atoms with E-state index in [0.29, 0.717) is 0 Å². The standard InChI is InChI=1S/C12H16F3NO2.C2H6/c1-8(2)10-6-9(12(13,14)15)7-16(11(10)17)4-5-18-3;1-2/h6-8H,4-5H2,1-3H3;1-2H3. The summed E-state index contributed by atoms with van der Waals surface area (Å²) in [4.78, 5) is 11.9. The fraction of sp³-hybridized carbons (Fsp3) is 0.643. The molecule has 0 N–H and O–H groups in total. The quantitative estimate of drug-likeness (QED) is 0.848. The molecule has 0 unspecified atom stereocenters. The van der Waals surface area contributed by atoms with Crippen LogP contribution in [0, 0.1) is 0 Å². The van der Waals surface area contributed by atoms with Gasteiger partial charge in [-0.05, 0) is 12.0 Å². The summed E-state index contributed by atoms with van der Waals surface area (Å²) in [5, 5.41) is 0. The van der Waals surface area contributed by atoms with E-state index in [1.165, 1.54) is 7.11 Å². The number of alkyl halides is 3. The molecule has 0 saturated heterocycles. The Morgan fingerprint density at radius 2 is 1.85 bits per heavy atom. The molecular weight excluding hydrogens is 271 g/mol. The van der Waals surface area contributed by atoms with E-state index in [1.807, 2.05) is 13.8 Å². The summed E-state index contributed by atoms with van der Waals surface area (Å²) in [6, 6.07) is 0.927. The summed E-state index contributed by atoms with van der Waals surface area (Å²) < 4.78 is 44.0. The molecule has 1 heterocycles. The highest BCUT2D eigenvalue weighted by Gasteiger charge is 2.32. The zero-order chi connectivity index (χ0) is 15.9. The largest absolute Gasteiger partial charge is 0.417 e. The minimum atomic E-state index is -4.45. The summed E-state index contributed by atoms with van der Waals surface area (Å²) >= 11 is 0. The van der Waals surface area contributed by atoms with Gasteiger partial charge in [-0.25, -0.2) is 0 Å². The number of aromatic nitrogens is 1. The molecule has 0 fully saturated rings. The molecule has 1 rings (SSSR count). The molecule has 0 atom stereocenters. The molecule has 0 spiro atoms. The first-order chi connectivity index (χ1) is 9.27. The summed E-state index contributed by atoms with van der Waals surface area (Å²) in [5.74, 6) is -0.256. The lowest BCUT2D eigenvalue weighted by molar-refractivity contribution is -0.138. The van der Waals surface area contributed by atoms with Gasteiger partial charge in [-0.15, -0.1) is 0 Å². The Morgan fingerprint density at radius 1 is 1.30 bits per heavy atom. The van der Waals surface area contributed by atoms with Crippen molar-refractivity contribution in [2.45, 2.75) is 46.3 Å². The highest BCUT2D eigenvalue weighted by atomic mass is 19.4. The summed E-state index contributed by atoms with van der Waals surface area (Å²) in [5.41, 5.74) is -1.03. The Morgan fingerprint density at radius 3 is 2.25 bits per heavy atom. The zero-order valence-electron chi connectivity index (χ0n) is 12.5. The van der Waals surface area contributed by atoms with Gasteiger partial charge in [0.1, 0.15) is 0 Å². The van der Waals surface area contributed by atoms with Crippen molar-refractivity contribution < 1.29 is 17.9 Å². The van der Waals surface area contributed by atoms with Crippen LogP contribution in [0.15, 0.2) is 17.1 Å². The SMILES string of the molecule is CC.COCCn1cc(C(F)(F)F)cc(C(C)C)c1=O. The first kappa shape index (κ1) is 18.7. The third-order valence-electron chi connectivity index (χ3n) is 2.60. The topological polar surface area (TPSA) is 31.2 Å². The second kappa shape index (κ2) is 8.09. The van der Waals surface area contributed by atoms with Crippen LogP contribution < -0.4 is 5.56 Å². The molecule has 1 aromatic heterocycles. The predicted molar refractivity (Wildman–Crippen MR) is 73.0 cm³/mol. The van der Waals surface area contributed by atoms with Crippen LogP contribution in [0.5, 0.6) is 0 Å². The van der Waals surface area contributed by atoms with E-state index in [4.69, 9.17) is 4.74 Å². The minimum Gasteiger partial charge on any atom is -0.383 e. The molecule has 0 aromatic carbocycles. The Kier molecular flexibility index (Phi) is 7.57. The van der Waals surface area contributed by atoms with Gasteiger partial charge in [0.2, 0.25) is 0 Å². The average molecular weight is 293 g/mol. The number of pyridine rings is 1. The van der Waals surface area contributed by atoms with Crippen LogP contribution in [0.2, 0.25) is 0 Å². The average Bonchev–Trinajstić information content (AvgIpc) is 2.38. The van der Waals surface area contributed by atoms with Crippen molar-refractivity contribution in [1.29, 1.82) is 0 Å². The second-order valence-corrected chi connectivity index (χ2v) is 4.33. The fourth-order valence-corrected chi connectivity index (χ4v) is 1.58. The van der Waals surface area contributed by atoms with Gasteiger partial charge in [-0.2, -0.15) is 13.2 Å².